The first kappa shape index (κ1) is 11.9. The number of rotatable bonds is 3. The highest BCUT2D eigenvalue weighted by Crippen LogP contribution is 2.23. The van der Waals surface area contributed by atoms with Crippen LogP contribution in [0.2, 0.25) is 0 Å². The molecular weight excluding hydrogens is 269 g/mol. The molecule has 0 saturated heterocycles. The number of benzene rings is 1. The Morgan fingerprint density at radius 3 is 2.87 bits per heavy atom. The minimum atomic E-state index is -0.629. The lowest BCUT2D eigenvalue weighted by Gasteiger charge is -2.06. The van der Waals surface area contributed by atoms with E-state index in [0.717, 1.165) is 6.07 Å². The van der Waals surface area contributed by atoms with Crippen molar-refractivity contribution >= 4 is 27.6 Å². The van der Waals surface area contributed by atoms with Crippen LogP contribution in [-0.2, 0) is 9.47 Å². The van der Waals surface area contributed by atoms with Gasteiger partial charge in [-0.1, -0.05) is 0 Å². The van der Waals surface area contributed by atoms with Crippen LogP contribution in [0.5, 0.6) is 0 Å². The first-order valence-electron chi connectivity index (χ1n) is 3.97. The molecule has 0 bridgehead atoms. The minimum absolute atomic E-state index is 0.109. The van der Waals surface area contributed by atoms with Gasteiger partial charge in [0.25, 0.3) is 0 Å². The van der Waals surface area contributed by atoms with Crippen molar-refractivity contribution in [3.63, 3.8) is 0 Å². The Balaban J connectivity index is 2.94. The van der Waals surface area contributed by atoms with Crippen molar-refractivity contribution in [1.29, 1.82) is 0 Å². The number of ether oxygens (including phenoxy) is 2. The number of esters is 1. The Hall–Kier alpha value is -1.14. The van der Waals surface area contributed by atoms with E-state index in [0.29, 0.717) is 0 Å². The topological polar surface area (TPSA) is 61.5 Å². The molecule has 6 heteroatoms. The van der Waals surface area contributed by atoms with Crippen LogP contribution in [-0.4, -0.2) is 19.9 Å². The van der Waals surface area contributed by atoms with E-state index in [-0.39, 0.29) is 22.5 Å². The molecule has 0 fully saturated rings. The molecule has 0 saturated carbocycles. The van der Waals surface area contributed by atoms with Gasteiger partial charge in [-0.05, 0) is 28.1 Å². The molecular formula is C9H9BrFNO3. The zero-order chi connectivity index (χ0) is 11.4. The van der Waals surface area contributed by atoms with E-state index < -0.39 is 11.8 Å². The predicted molar refractivity (Wildman–Crippen MR) is 55.8 cm³/mol. The summed E-state index contributed by atoms with van der Waals surface area (Å²) in [5, 5.41) is 0. The molecule has 1 aromatic carbocycles. The van der Waals surface area contributed by atoms with Crippen molar-refractivity contribution in [1.82, 2.24) is 0 Å². The van der Waals surface area contributed by atoms with Crippen LogP contribution in [0.4, 0.5) is 10.1 Å². The second-order valence-corrected chi connectivity index (χ2v) is 3.55. The highest BCUT2D eigenvalue weighted by molar-refractivity contribution is 9.10. The molecule has 0 unspecified atom stereocenters. The van der Waals surface area contributed by atoms with Gasteiger partial charge in [-0.2, -0.15) is 0 Å². The fraction of sp³-hybridized carbons (Fsp3) is 0.222. The molecule has 2 N–H and O–H groups in total. The van der Waals surface area contributed by atoms with Gasteiger partial charge in [0.2, 0.25) is 0 Å². The molecule has 4 nitrogen and oxygen atoms in total. The third-order valence-corrected chi connectivity index (χ3v) is 2.27. The Labute approximate surface area is 94.3 Å². The van der Waals surface area contributed by atoms with Crippen LogP contribution < -0.4 is 5.73 Å². The van der Waals surface area contributed by atoms with Crippen LogP contribution in [0.25, 0.3) is 0 Å². The van der Waals surface area contributed by atoms with E-state index in [2.05, 4.69) is 25.4 Å². The summed E-state index contributed by atoms with van der Waals surface area (Å²) in [7, 11) is 1.39. The van der Waals surface area contributed by atoms with Gasteiger partial charge in [0.05, 0.1) is 11.3 Å². The molecule has 0 aliphatic rings. The summed E-state index contributed by atoms with van der Waals surface area (Å²) < 4.78 is 22.5. The SMILES string of the molecule is COCOC(=O)c1cc(N)c(F)cc1Br. The molecule has 0 radical (unpaired) electrons. The van der Waals surface area contributed by atoms with Crippen molar-refractivity contribution in [2.75, 3.05) is 19.6 Å². The van der Waals surface area contributed by atoms with Gasteiger partial charge >= 0.3 is 5.97 Å². The molecule has 1 rings (SSSR count). The zero-order valence-corrected chi connectivity index (χ0v) is 9.51. The summed E-state index contributed by atoms with van der Waals surface area (Å²) in [5.41, 5.74) is 5.37. The molecule has 1 aromatic rings. The van der Waals surface area contributed by atoms with Crippen molar-refractivity contribution in [3.05, 3.63) is 28.0 Å². The summed E-state index contributed by atoms with van der Waals surface area (Å²) in [6.45, 7) is -0.164. The minimum Gasteiger partial charge on any atom is -0.435 e. The predicted octanol–water partition coefficient (Wildman–Crippen LogP) is 1.93. The number of hydrogen-bond acceptors (Lipinski definition) is 4. The van der Waals surface area contributed by atoms with E-state index >= 15 is 0 Å². The summed E-state index contributed by atoms with van der Waals surface area (Å²) in [4.78, 5) is 11.4. The van der Waals surface area contributed by atoms with E-state index in [1.165, 1.54) is 13.2 Å². The molecule has 0 aliphatic carbocycles. The normalized spacial score (nSPS) is 10.1. The Bertz CT molecular complexity index is 384. The third-order valence-electron chi connectivity index (χ3n) is 1.61. The number of carbonyl (C=O) groups is 1. The van der Waals surface area contributed by atoms with Crippen molar-refractivity contribution in [2.45, 2.75) is 0 Å². The fourth-order valence-electron chi connectivity index (χ4n) is 0.912. The highest BCUT2D eigenvalue weighted by Gasteiger charge is 2.14. The second kappa shape index (κ2) is 5.09. The maximum atomic E-state index is 12.9. The summed E-state index contributed by atoms with van der Waals surface area (Å²) >= 11 is 3.04. The number of hydrogen-bond donors (Lipinski definition) is 1. The number of nitrogen functional groups attached to an aromatic ring is 1. The highest BCUT2D eigenvalue weighted by atomic mass is 79.9. The van der Waals surface area contributed by atoms with Crippen molar-refractivity contribution in [2.24, 2.45) is 0 Å². The maximum Gasteiger partial charge on any atom is 0.341 e. The largest absolute Gasteiger partial charge is 0.435 e. The molecule has 0 aromatic heterocycles. The first-order valence-corrected chi connectivity index (χ1v) is 4.76. The number of carbonyl (C=O) groups excluding carboxylic acids is 1. The third kappa shape index (κ3) is 2.90. The molecule has 0 atom stereocenters. The number of nitrogens with two attached hydrogens (primary N) is 1. The van der Waals surface area contributed by atoms with Crippen molar-refractivity contribution in [3.8, 4) is 0 Å². The molecule has 15 heavy (non-hydrogen) atoms. The van der Waals surface area contributed by atoms with Gasteiger partial charge in [0.1, 0.15) is 5.82 Å². The van der Waals surface area contributed by atoms with E-state index in [1.807, 2.05) is 0 Å². The number of anilines is 1. The Kier molecular flexibility index (Phi) is 4.05. The van der Waals surface area contributed by atoms with Gasteiger partial charge in [0, 0.05) is 11.6 Å². The van der Waals surface area contributed by atoms with E-state index in [9.17, 15) is 9.18 Å². The van der Waals surface area contributed by atoms with Gasteiger partial charge < -0.3 is 15.2 Å². The average molecular weight is 278 g/mol. The van der Waals surface area contributed by atoms with Gasteiger partial charge in [-0.15, -0.1) is 0 Å². The Morgan fingerprint density at radius 2 is 2.27 bits per heavy atom. The van der Waals surface area contributed by atoms with E-state index in [1.54, 1.807) is 0 Å². The van der Waals surface area contributed by atoms with Crippen LogP contribution in [0, 0.1) is 5.82 Å². The summed E-state index contributed by atoms with van der Waals surface area (Å²) in [5.74, 6) is -1.22. The lowest BCUT2D eigenvalue weighted by molar-refractivity contribution is -0.0125. The molecule has 0 spiro atoms. The van der Waals surface area contributed by atoms with Gasteiger partial charge in [-0.3, -0.25) is 0 Å². The molecule has 82 valence electrons. The summed E-state index contributed by atoms with van der Waals surface area (Å²) in [6.07, 6.45) is 0. The average Bonchev–Trinajstić information content (AvgIpc) is 2.20. The van der Waals surface area contributed by atoms with Crippen molar-refractivity contribution < 1.29 is 18.7 Å². The number of methoxy groups -OCH3 is 1. The van der Waals surface area contributed by atoms with Crippen LogP contribution in [0.3, 0.4) is 0 Å². The quantitative estimate of drug-likeness (QED) is 0.521. The Morgan fingerprint density at radius 1 is 1.60 bits per heavy atom. The number of halogens is 2. The second-order valence-electron chi connectivity index (χ2n) is 2.69. The molecule has 0 aliphatic heterocycles. The van der Waals surface area contributed by atoms with E-state index in [4.69, 9.17) is 5.73 Å². The van der Waals surface area contributed by atoms with Gasteiger partial charge in [0.15, 0.2) is 6.79 Å². The molecule has 0 heterocycles. The van der Waals surface area contributed by atoms with Crippen LogP contribution in [0.1, 0.15) is 10.4 Å². The smallest absolute Gasteiger partial charge is 0.341 e. The van der Waals surface area contributed by atoms with Gasteiger partial charge in [-0.25, -0.2) is 9.18 Å². The lowest BCUT2D eigenvalue weighted by Crippen LogP contribution is -2.09. The first-order chi connectivity index (χ1) is 7.06. The fourth-order valence-corrected chi connectivity index (χ4v) is 1.39. The summed E-state index contributed by atoms with van der Waals surface area (Å²) in [6, 6.07) is 2.32. The van der Waals surface area contributed by atoms with Crippen LogP contribution >= 0.6 is 15.9 Å². The zero-order valence-electron chi connectivity index (χ0n) is 7.92. The molecule has 0 amide bonds. The standard InChI is InChI=1S/C9H9BrFNO3/c1-14-4-15-9(13)5-2-8(12)7(11)3-6(5)10/h2-3H,4,12H2,1H3. The lowest BCUT2D eigenvalue weighted by atomic mass is 10.2. The monoisotopic (exact) mass is 277 g/mol. The van der Waals surface area contributed by atoms with Crippen LogP contribution in [0.15, 0.2) is 16.6 Å². The maximum absolute atomic E-state index is 12.9.